The molecule has 300 valence electrons. The van der Waals surface area contributed by atoms with Crippen LogP contribution < -0.4 is 0 Å². The van der Waals surface area contributed by atoms with E-state index in [0.717, 1.165) is 33.4 Å². The van der Waals surface area contributed by atoms with Crippen LogP contribution in [-0.4, -0.2) is 48.8 Å². The third-order valence-corrected chi connectivity index (χ3v) is 10.9. The predicted molar refractivity (Wildman–Crippen MR) is 221 cm³/mol. The summed E-state index contributed by atoms with van der Waals surface area (Å²) in [6.45, 7) is 2.96. The fourth-order valence-electron chi connectivity index (χ4n) is 7.52. The molecule has 1 aliphatic rings. The Kier molecular flexibility index (Phi) is 14.5. The average Bonchev–Trinajstić information content (AvgIpc) is 3.26. The molecule has 1 unspecified atom stereocenters. The van der Waals surface area contributed by atoms with Gasteiger partial charge in [0.25, 0.3) is 0 Å². The Morgan fingerprint density at radius 2 is 1.05 bits per heavy atom. The lowest BCUT2D eigenvalue weighted by Crippen LogP contribution is -2.62. The van der Waals surface area contributed by atoms with Crippen molar-refractivity contribution in [1.82, 2.24) is 0 Å². The fraction of sp³-hybridized carbons (Fsp3) is 0.265. The first-order valence-electron chi connectivity index (χ1n) is 19.5. The molecule has 7 rings (SSSR count). The maximum Gasteiger partial charge on any atom is 0.145 e. The Hall–Kier alpha value is -4.77. The van der Waals surface area contributed by atoms with E-state index in [-0.39, 0.29) is 26.4 Å². The highest BCUT2D eigenvalue weighted by Crippen LogP contribution is 2.39. The summed E-state index contributed by atoms with van der Waals surface area (Å²) in [5.41, 5.74) is 6.46. The molecular weight excluding hydrogens is 758 g/mol. The first kappa shape index (κ1) is 41.4. The van der Waals surface area contributed by atoms with Crippen molar-refractivity contribution in [3.8, 4) is 11.1 Å². The second kappa shape index (κ2) is 20.3. The minimum Gasteiger partial charge on any atom is -0.396 e. The van der Waals surface area contributed by atoms with Crippen molar-refractivity contribution in [1.29, 1.82) is 0 Å². The van der Waals surface area contributed by atoms with Gasteiger partial charge in [-0.15, -0.1) is 0 Å². The van der Waals surface area contributed by atoms with Crippen LogP contribution in [0.3, 0.4) is 0 Å². The van der Waals surface area contributed by atoms with Crippen molar-refractivity contribution < 1.29 is 37.6 Å². The second-order valence-corrected chi connectivity index (χ2v) is 14.9. The molecule has 6 aromatic rings. The summed E-state index contributed by atoms with van der Waals surface area (Å²) in [7, 11) is 0. The van der Waals surface area contributed by atoms with Gasteiger partial charge in [0, 0.05) is 5.92 Å². The van der Waals surface area contributed by atoms with Gasteiger partial charge in [0.2, 0.25) is 0 Å². The predicted octanol–water partition coefficient (Wildman–Crippen LogP) is 10.4. The molecule has 1 fully saturated rings. The number of benzene rings is 6. The molecular formula is C49H47ClF2O6. The maximum absolute atomic E-state index is 14.5. The van der Waals surface area contributed by atoms with E-state index < -0.39 is 53.1 Å². The molecule has 6 atom stereocenters. The highest BCUT2D eigenvalue weighted by molar-refractivity contribution is 6.31. The number of aliphatic hydroxyl groups is 1. The molecule has 9 heteroatoms. The van der Waals surface area contributed by atoms with E-state index in [0.29, 0.717) is 24.3 Å². The zero-order chi connectivity index (χ0) is 40.3. The van der Waals surface area contributed by atoms with Gasteiger partial charge in [-0.1, -0.05) is 151 Å². The van der Waals surface area contributed by atoms with Gasteiger partial charge in [-0.25, -0.2) is 8.78 Å². The minimum atomic E-state index is -0.841. The van der Waals surface area contributed by atoms with E-state index in [4.69, 9.17) is 35.3 Å². The molecule has 1 aliphatic heterocycles. The number of rotatable bonds is 17. The third kappa shape index (κ3) is 10.4. The molecule has 6 aromatic carbocycles. The number of aryl methyl sites for hydroxylation is 1. The van der Waals surface area contributed by atoms with Gasteiger partial charge >= 0.3 is 0 Å². The van der Waals surface area contributed by atoms with Gasteiger partial charge in [0.1, 0.15) is 41.1 Å². The summed E-state index contributed by atoms with van der Waals surface area (Å²) in [4.78, 5) is 0. The van der Waals surface area contributed by atoms with Crippen molar-refractivity contribution >= 4 is 11.6 Å². The van der Waals surface area contributed by atoms with Crippen molar-refractivity contribution in [2.24, 2.45) is 0 Å². The SMILES string of the molecule is Cc1cc(-c2cc(F)c(Cl)c(F)c2)ccc1C(CO)[C@H]1O[C@H](COCc2ccccc2)[C@@H](OCc2ccccc2)[C@H](OCc2ccccc2)[C@@H]1OCc1ccccc1. The van der Waals surface area contributed by atoms with Crippen LogP contribution in [0.15, 0.2) is 152 Å². The Labute approximate surface area is 343 Å². The summed E-state index contributed by atoms with van der Waals surface area (Å²) >= 11 is 5.79. The van der Waals surface area contributed by atoms with Crippen LogP contribution in [0.2, 0.25) is 5.02 Å². The van der Waals surface area contributed by atoms with E-state index in [9.17, 15) is 13.9 Å². The molecule has 1 heterocycles. The van der Waals surface area contributed by atoms with E-state index in [1.165, 1.54) is 12.1 Å². The Balaban J connectivity index is 1.27. The van der Waals surface area contributed by atoms with Crippen molar-refractivity contribution in [2.75, 3.05) is 13.2 Å². The maximum atomic E-state index is 14.5. The summed E-state index contributed by atoms with van der Waals surface area (Å²) in [6.07, 6.45) is -3.43. The van der Waals surface area contributed by atoms with Gasteiger partial charge < -0.3 is 28.8 Å². The quantitative estimate of drug-likeness (QED) is 0.0927. The molecule has 0 bridgehead atoms. The van der Waals surface area contributed by atoms with Crippen LogP contribution in [0.25, 0.3) is 11.1 Å². The Morgan fingerprint density at radius 3 is 1.53 bits per heavy atom. The van der Waals surface area contributed by atoms with Crippen molar-refractivity contribution in [3.63, 3.8) is 0 Å². The van der Waals surface area contributed by atoms with Crippen LogP contribution in [0, 0.1) is 18.6 Å². The monoisotopic (exact) mass is 804 g/mol. The summed E-state index contributed by atoms with van der Waals surface area (Å²) < 4.78 is 63.1. The number of hydrogen-bond donors (Lipinski definition) is 1. The lowest BCUT2D eigenvalue weighted by Gasteiger charge is -2.48. The zero-order valence-electron chi connectivity index (χ0n) is 32.3. The molecule has 1 saturated heterocycles. The number of halogens is 3. The highest BCUT2D eigenvalue weighted by atomic mass is 35.5. The van der Waals surface area contributed by atoms with Gasteiger partial charge in [-0.2, -0.15) is 0 Å². The highest BCUT2D eigenvalue weighted by Gasteiger charge is 2.51. The smallest absolute Gasteiger partial charge is 0.145 e. The Morgan fingerprint density at radius 1 is 0.586 bits per heavy atom. The molecule has 1 N–H and O–H groups in total. The van der Waals surface area contributed by atoms with E-state index >= 15 is 0 Å². The normalized spacial score (nSPS) is 19.8. The molecule has 0 spiro atoms. The van der Waals surface area contributed by atoms with E-state index in [2.05, 4.69) is 0 Å². The van der Waals surface area contributed by atoms with Crippen molar-refractivity contribution in [2.45, 2.75) is 69.8 Å². The Bertz CT molecular complexity index is 2150. The topological polar surface area (TPSA) is 66.4 Å². The average molecular weight is 805 g/mol. The standard InChI is InChI=1S/C49H47ClF2O6/c1-33-24-38(39-25-42(51)45(50)43(52)26-39)22-23-40(33)41(27-53)46-48(56-30-36-18-10-4-11-19-36)49(57-31-37-20-12-5-13-21-37)47(55-29-35-16-8-3-9-17-35)44(58-46)32-54-28-34-14-6-2-7-15-34/h2-26,41,44,46-49,53H,27-32H2,1H3/t41?,44-,46-,47-,48-,49+/m1/s1. The van der Waals surface area contributed by atoms with Crippen LogP contribution in [0.4, 0.5) is 8.78 Å². The lowest BCUT2D eigenvalue weighted by atomic mass is 9.82. The van der Waals surface area contributed by atoms with Crippen LogP contribution in [0.5, 0.6) is 0 Å². The summed E-state index contributed by atoms with van der Waals surface area (Å²) in [5.74, 6) is -2.29. The van der Waals surface area contributed by atoms with Crippen molar-refractivity contribution in [3.05, 3.63) is 202 Å². The third-order valence-electron chi connectivity index (χ3n) is 10.5. The first-order valence-corrected chi connectivity index (χ1v) is 19.9. The molecule has 0 amide bonds. The number of ether oxygens (including phenoxy) is 5. The molecule has 6 nitrogen and oxygen atoms in total. The minimum absolute atomic E-state index is 0.172. The molecule has 0 aliphatic carbocycles. The molecule has 0 aromatic heterocycles. The van der Waals surface area contributed by atoms with Gasteiger partial charge in [-0.3, -0.25) is 0 Å². The van der Waals surface area contributed by atoms with Gasteiger partial charge in [-0.05, 0) is 63.6 Å². The van der Waals surface area contributed by atoms with E-state index in [1.54, 1.807) is 6.07 Å². The van der Waals surface area contributed by atoms with Crippen LogP contribution in [-0.2, 0) is 50.1 Å². The van der Waals surface area contributed by atoms with Crippen LogP contribution >= 0.6 is 11.6 Å². The number of aliphatic hydroxyl groups excluding tert-OH is 1. The molecule has 58 heavy (non-hydrogen) atoms. The zero-order valence-corrected chi connectivity index (χ0v) is 33.0. The number of hydrogen-bond acceptors (Lipinski definition) is 6. The van der Waals surface area contributed by atoms with Gasteiger partial charge in [0.15, 0.2) is 0 Å². The largest absolute Gasteiger partial charge is 0.396 e. The summed E-state index contributed by atoms with van der Waals surface area (Å²) in [6, 6.07) is 47.6. The second-order valence-electron chi connectivity index (χ2n) is 14.5. The summed E-state index contributed by atoms with van der Waals surface area (Å²) in [5, 5.41) is 10.8. The van der Waals surface area contributed by atoms with Gasteiger partial charge in [0.05, 0.1) is 45.7 Å². The van der Waals surface area contributed by atoms with E-state index in [1.807, 2.05) is 140 Å². The fourth-order valence-corrected chi connectivity index (χ4v) is 7.63. The first-order chi connectivity index (χ1) is 28.4. The lowest BCUT2D eigenvalue weighted by molar-refractivity contribution is -0.277. The molecule has 0 saturated carbocycles. The molecule has 0 radical (unpaired) electrons. The van der Waals surface area contributed by atoms with Crippen LogP contribution in [0.1, 0.15) is 39.3 Å².